The summed E-state index contributed by atoms with van der Waals surface area (Å²) in [7, 11) is 0. The van der Waals surface area contributed by atoms with Gasteiger partial charge in [-0.25, -0.2) is 0 Å². The highest BCUT2D eigenvalue weighted by atomic mass is 32.2. The summed E-state index contributed by atoms with van der Waals surface area (Å²) in [4.78, 5) is 2.86. The van der Waals surface area contributed by atoms with Gasteiger partial charge in [0.15, 0.2) is 0 Å². The summed E-state index contributed by atoms with van der Waals surface area (Å²) in [6.07, 6.45) is 2.31. The van der Waals surface area contributed by atoms with Gasteiger partial charge in [-0.15, -0.1) is 0 Å². The molecule has 1 saturated heterocycles. The number of phenolic OH excluding ortho intramolecular Hbond substituents is 2. The van der Waals surface area contributed by atoms with Crippen molar-refractivity contribution in [1.29, 1.82) is 0 Å². The number of rotatable bonds is 1. The number of hydrogen-bond donors (Lipinski definition) is 2. The maximum atomic E-state index is 11.5. The predicted molar refractivity (Wildman–Crippen MR) is 126 cm³/mol. The molecule has 3 nitrogen and oxygen atoms in total. The van der Waals surface area contributed by atoms with Crippen LogP contribution in [-0.2, 0) is 5.41 Å². The largest absolute Gasteiger partial charge is 0.508 e. The number of likely N-dealkylation sites (tertiary alicyclic amines) is 1. The lowest BCUT2D eigenvalue weighted by molar-refractivity contribution is 0.325. The predicted octanol–water partition coefficient (Wildman–Crippen LogP) is 5.46. The van der Waals surface area contributed by atoms with E-state index in [1.807, 2.05) is 0 Å². The Labute approximate surface area is 190 Å². The van der Waals surface area contributed by atoms with Gasteiger partial charge in [0, 0.05) is 41.5 Å². The second-order valence-electron chi connectivity index (χ2n) is 9.04. The van der Waals surface area contributed by atoms with E-state index in [0.29, 0.717) is 10.6 Å². The number of phenols is 2. The number of thiocarbonyl (C=S) groups is 1. The molecule has 0 radical (unpaired) electrons. The third kappa shape index (κ3) is 2.00. The molecule has 3 unspecified atom stereocenters. The molecule has 4 aliphatic rings. The summed E-state index contributed by atoms with van der Waals surface area (Å²) < 4.78 is 0.778. The summed E-state index contributed by atoms with van der Waals surface area (Å²) in [6.45, 7) is 1.94. The van der Waals surface area contributed by atoms with Crippen molar-refractivity contribution in [3.05, 3.63) is 88.0 Å². The molecule has 1 fully saturated rings. The van der Waals surface area contributed by atoms with Crippen LogP contribution < -0.4 is 0 Å². The molecule has 7 rings (SSSR count). The smallest absolute Gasteiger partial charge is 0.141 e. The zero-order chi connectivity index (χ0) is 20.9. The van der Waals surface area contributed by atoms with E-state index in [-0.39, 0.29) is 23.0 Å². The summed E-state index contributed by atoms with van der Waals surface area (Å²) in [5.74, 6) is 0.733. The van der Waals surface area contributed by atoms with E-state index in [1.54, 1.807) is 6.07 Å². The van der Waals surface area contributed by atoms with Gasteiger partial charge in [0.05, 0.1) is 4.90 Å². The fraction of sp³-hybridized carbons (Fsp3) is 0.269. The van der Waals surface area contributed by atoms with Crippen LogP contribution >= 0.6 is 24.0 Å². The first kappa shape index (κ1) is 18.1. The molecule has 1 aliphatic heterocycles. The highest BCUT2D eigenvalue weighted by molar-refractivity contribution is 8.23. The monoisotopic (exact) mass is 443 g/mol. The van der Waals surface area contributed by atoms with Crippen LogP contribution in [0.2, 0.25) is 0 Å². The molecule has 1 spiro atoms. The lowest BCUT2D eigenvalue weighted by Crippen LogP contribution is -2.52. The minimum atomic E-state index is -0.163. The molecular weight excluding hydrogens is 422 g/mol. The first-order chi connectivity index (χ1) is 15.1. The molecule has 5 heteroatoms. The van der Waals surface area contributed by atoms with Crippen molar-refractivity contribution in [2.24, 2.45) is 0 Å². The van der Waals surface area contributed by atoms with Crippen LogP contribution in [0.15, 0.2) is 59.5 Å². The fourth-order valence-corrected chi connectivity index (χ4v) is 8.02. The molecular formula is C26H21NO2S2. The lowest BCUT2D eigenvalue weighted by atomic mass is 9.43. The molecule has 0 saturated carbocycles. The van der Waals surface area contributed by atoms with Crippen molar-refractivity contribution in [3.63, 3.8) is 0 Å². The Morgan fingerprint density at radius 3 is 2.13 bits per heavy atom. The Morgan fingerprint density at radius 2 is 1.48 bits per heavy atom. The normalized spacial score (nSPS) is 26.1. The molecule has 2 N–H and O–H groups in total. The van der Waals surface area contributed by atoms with Crippen molar-refractivity contribution in [1.82, 2.24) is 4.90 Å². The van der Waals surface area contributed by atoms with E-state index in [4.69, 9.17) is 12.2 Å². The number of aromatic hydroxyl groups is 2. The summed E-state index contributed by atoms with van der Waals surface area (Å²) in [5, 5.41) is 22.7. The van der Waals surface area contributed by atoms with Gasteiger partial charge >= 0.3 is 0 Å². The summed E-state index contributed by atoms with van der Waals surface area (Å²) in [6, 6.07) is 18.8. The molecule has 0 amide bonds. The zero-order valence-corrected chi connectivity index (χ0v) is 18.5. The topological polar surface area (TPSA) is 43.7 Å². The van der Waals surface area contributed by atoms with E-state index >= 15 is 0 Å². The number of thioether (sulfide) groups is 1. The van der Waals surface area contributed by atoms with Gasteiger partial charge < -0.3 is 15.1 Å². The molecule has 31 heavy (non-hydrogen) atoms. The Hall–Kier alpha value is -2.50. The minimum Gasteiger partial charge on any atom is -0.508 e. The van der Waals surface area contributed by atoms with E-state index in [1.165, 1.54) is 34.0 Å². The van der Waals surface area contributed by atoms with Gasteiger partial charge in [-0.1, -0.05) is 72.5 Å². The van der Waals surface area contributed by atoms with E-state index < -0.39 is 0 Å². The second kappa shape index (κ2) is 6.05. The third-order valence-corrected chi connectivity index (χ3v) is 9.28. The van der Waals surface area contributed by atoms with Gasteiger partial charge in [0.1, 0.15) is 15.8 Å². The van der Waals surface area contributed by atoms with Crippen LogP contribution in [0.25, 0.3) is 0 Å². The van der Waals surface area contributed by atoms with Crippen molar-refractivity contribution >= 4 is 28.3 Å². The molecule has 3 aromatic carbocycles. The average Bonchev–Trinajstić information content (AvgIpc) is 3.37. The van der Waals surface area contributed by atoms with Gasteiger partial charge in [-0.2, -0.15) is 0 Å². The highest BCUT2D eigenvalue weighted by Gasteiger charge is 2.70. The Bertz CT molecular complexity index is 1300. The van der Waals surface area contributed by atoms with Crippen LogP contribution in [0.5, 0.6) is 11.5 Å². The SMILES string of the molecule is Oc1cc(SC(=S)N2CCCC2)c(O)c2c1C1c3ccccc3C13c1ccccc1C23. The Kier molecular flexibility index (Phi) is 3.53. The molecule has 3 aliphatic carbocycles. The fourth-order valence-electron chi connectivity index (χ4n) is 6.69. The van der Waals surface area contributed by atoms with Crippen LogP contribution in [0.1, 0.15) is 58.1 Å². The molecule has 3 atom stereocenters. The lowest BCUT2D eigenvalue weighted by Gasteiger charge is -2.58. The number of nitrogens with zero attached hydrogens (tertiary/aromatic N) is 1. The standard InChI is InChI=1S/C26H21NO2S2/c28-18-13-19(31-25(30)27-11-5-6-12-27)24(29)21-20(18)22-14-7-1-3-9-16(14)26(22)17-10-4-2-8-15(17)23(21)26/h1-4,7-10,13,22-23,28-29H,5-6,11-12H2. The highest BCUT2D eigenvalue weighted by Crippen LogP contribution is 2.79. The second-order valence-corrected chi connectivity index (χ2v) is 10.7. The van der Waals surface area contributed by atoms with Crippen molar-refractivity contribution < 1.29 is 10.2 Å². The minimum absolute atomic E-state index is 0.0745. The van der Waals surface area contributed by atoms with Crippen molar-refractivity contribution in [2.45, 2.75) is 35.0 Å². The zero-order valence-electron chi connectivity index (χ0n) is 16.8. The summed E-state index contributed by atoms with van der Waals surface area (Å²) >= 11 is 7.07. The molecule has 0 bridgehead atoms. The molecule has 1 heterocycles. The van der Waals surface area contributed by atoms with Crippen molar-refractivity contribution in [2.75, 3.05) is 13.1 Å². The van der Waals surface area contributed by atoms with Crippen LogP contribution in [0.4, 0.5) is 0 Å². The van der Waals surface area contributed by atoms with E-state index in [0.717, 1.165) is 41.4 Å². The van der Waals surface area contributed by atoms with Gasteiger partial charge in [-0.3, -0.25) is 0 Å². The third-order valence-electron chi connectivity index (χ3n) is 7.81. The van der Waals surface area contributed by atoms with Gasteiger partial charge in [-0.05, 0) is 41.2 Å². The molecule has 154 valence electrons. The van der Waals surface area contributed by atoms with Crippen molar-refractivity contribution in [3.8, 4) is 11.5 Å². The Balaban J connectivity index is 1.42. The number of hydrogen-bond acceptors (Lipinski definition) is 4. The number of fused-ring (bicyclic) bond motifs is 7. The maximum Gasteiger partial charge on any atom is 0.141 e. The first-order valence-electron chi connectivity index (χ1n) is 10.9. The van der Waals surface area contributed by atoms with Crippen LogP contribution in [0.3, 0.4) is 0 Å². The molecule has 3 aromatic rings. The quantitative estimate of drug-likeness (QED) is 0.297. The molecule has 0 aromatic heterocycles. The maximum absolute atomic E-state index is 11.5. The number of benzene rings is 3. The van der Waals surface area contributed by atoms with Gasteiger partial charge in [0.2, 0.25) is 0 Å². The van der Waals surface area contributed by atoms with Crippen LogP contribution in [-0.4, -0.2) is 32.5 Å². The average molecular weight is 444 g/mol. The van der Waals surface area contributed by atoms with Gasteiger partial charge in [0.25, 0.3) is 0 Å². The van der Waals surface area contributed by atoms with Crippen LogP contribution in [0, 0.1) is 0 Å². The van der Waals surface area contributed by atoms with E-state index in [2.05, 4.69) is 53.4 Å². The Morgan fingerprint density at radius 1 is 0.903 bits per heavy atom. The summed E-state index contributed by atoms with van der Waals surface area (Å²) in [5.41, 5.74) is 6.83. The van der Waals surface area contributed by atoms with E-state index in [9.17, 15) is 10.2 Å². The first-order valence-corrected chi connectivity index (χ1v) is 12.1.